The van der Waals surface area contributed by atoms with Crippen LogP contribution >= 0.6 is 23.2 Å². The van der Waals surface area contributed by atoms with Crippen LogP contribution in [0.15, 0.2) is 77.7 Å². The molecule has 1 saturated heterocycles. The summed E-state index contributed by atoms with van der Waals surface area (Å²) in [6, 6.07) is 21.7. The normalized spacial score (nSPS) is 14.9. The second-order valence-corrected chi connectivity index (χ2v) is 15.1. The zero-order valence-corrected chi connectivity index (χ0v) is 27.6. The SMILES string of the molecule is Cc1ccc(-n2nc(C(C)(C)C)cc2NC(=O)Nc2cccc(CC3CCN(S(=O)(=O)c4ccc(Cl)cc4Cl)CC3)c2)cc1. The number of sulfonamides is 1. The molecular weight excluding hydrogens is 617 g/mol. The number of hydrogen-bond acceptors (Lipinski definition) is 4. The first-order chi connectivity index (χ1) is 20.8. The lowest BCUT2D eigenvalue weighted by Crippen LogP contribution is -2.39. The average Bonchev–Trinajstić information content (AvgIpc) is 3.38. The molecule has 0 atom stereocenters. The minimum absolute atomic E-state index is 0.0793. The van der Waals surface area contributed by atoms with Gasteiger partial charge in [0, 0.05) is 35.3 Å². The molecule has 0 bridgehead atoms. The molecule has 3 aromatic carbocycles. The Kier molecular flexibility index (Phi) is 9.41. The average molecular weight is 655 g/mol. The summed E-state index contributed by atoms with van der Waals surface area (Å²) < 4.78 is 29.6. The van der Waals surface area contributed by atoms with Crippen molar-refractivity contribution in [2.45, 2.75) is 57.3 Å². The van der Waals surface area contributed by atoms with Crippen molar-refractivity contribution in [1.29, 1.82) is 0 Å². The van der Waals surface area contributed by atoms with Crippen LogP contribution in [0.3, 0.4) is 0 Å². The number of halogens is 2. The van der Waals surface area contributed by atoms with Gasteiger partial charge in [0.1, 0.15) is 10.7 Å². The van der Waals surface area contributed by atoms with Crippen LogP contribution < -0.4 is 10.6 Å². The van der Waals surface area contributed by atoms with Crippen LogP contribution in [0.4, 0.5) is 16.3 Å². The molecule has 8 nitrogen and oxygen atoms in total. The van der Waals surface area contributed by atoms with Crippen LogP contribution in [0, 0.1) is 12.8 Å². The van der Waals surface area contributed by atoms with Crippen molar-refractivity contribution in [1.82, 2.24) is 14.1 Å². The lowest BCUT2D eigenvalue weighted by molar-refractivity contribution is 0.262. The quantitative estimate of drug-likeness (QED) is 0.211. The van der Waals surface area contributed by atoms with E-state index in [0.717, 1.165) is 41.8 Å². The molecule has 2 heterocycles. The molecule has 44 heavy (non-hydrogen) atoms. The number of piperidine rings is 1. The van der Waals surface area contributed by atoms with Crippen molar-refractivity contribution < 1.29 is 13.2 Å². The van der Waals surface area contributed by atoms with Crippen LogP contribution in [-0.2, 0) is 21.9 Å². The maximum atomic E-state index is 13.2. The third kappa shape index (κ3) is 7.46. The Morgan fingerprint density at radius 3 is 2.32 bits per heavy atom. The molecule has 1 aliphatic rings. The summed E-state index contributed by atoms with van der Waals surface area (Å²) in [5.74, 6) is 0.889. The number of urea groups is 1. The predicted octanol–water partition coefficient (Wildman–Crippen LogP) is 8.07. The molecule has 0 aliphatic carbocycles. The molecule has 0 unspecified atom stereocenters. The topological polar surface area (TPSA) is 96.3 Å². The van der Waals surface area contributed by atoms with Crippen LogP contribution in [-0.4, -0.2) is 41.6 Å². The molecule has 2 amide bonds. The van der Waals surface area contributed by atoms with E-state index in [2.05, 4.69) is 31.4 Å². The van der Waals surface area contributed by atoms with Crippen molar-refractivity contribution in [3.63, 3.8) is 0 Å². The minimum Gasteiger partial charge on any atom is -0.308 e. The van der Waals surface area contributed by atoms with Gasteiger partial charge < -0.3 is 5.32 Å². The molecule has 232 valence electrons. The molecule has 0 radical (unpaired) electrons. The molecule has 1 fully saturated rings. The highest BCUT2D eigenvalue weighted by molar-refractivity contribution is 7.89. The van der Waals surface area contributed by atoms with Crippen LogP contribution in [0.1, 0.15) is 50.4 Å². The van der Waals surface area contributed by atoms with Crippen LogP contribution in [0.25, 0.3) is 5.69 Å². The minimum atomic E-state index is -3.70. The summed E-state index contributed by atoms with van der Waals surface area (Å²) >= 11 is 12.1. The zero-order chi connectivity index (χ0) is 31.6. The van der Waals surface area contributed by atoms with Gasteiger partial charge in [-0.25, -0.2) is 17.9 Å². The Hall–Kier alpha value is -3.37. The third-order valence-electron chi connectivity index (χ3n) is 7.79. The molecule has 11 heteroatoms. The first-order valence-corrected chi connectivity index (χ1v) is 16.8. The third-order valence-corrected chi connectivity index (χ3v) is 10.4. The van der Waals surface area contributed by atoms with Gasteiger partial charge in [-0.15, -0.1) is 0 Å². The van der Waals surface area contributed by atoms with Gasteiger partial charge >= 0.3 is 6.03 Å². The fourth-order valence-electron chi connectivity index (χ4n) is 5.28. The Balaban J connectivity index is 1.22. The van der Waals surface area contributed by atoms with Gasteiger partial charge in [-0.05, 0) is 80.1 Å². The van der Waals surface area contributed by atoms with E-state index in [1.807, 2.05) is 61.5 Å². The summed E-state index contributed by atoms with van der Waals surface area (Å²) in [5.41, 5.74) is 4.42. The summed E-state index contributed by atoms with van der Waals surface area (Å²) in [5, 5.41) is 11.2. The zero-order valence-electron chi connectivity index (χ0n) is 25.3. The Morgan fingerprint density at radius 2 is 1.66 bits per heavy atom. The van der Waals surface area contributed by atoms with E-state index in [4.69, 9.17) is 28.3 Å². The fraction of sp³-hybridized carbons (Fsp3) is 0.333. The summed E-state index contributed by atoms with van der Waals surface area (Å²) in [7, 11) is -3.70. The van der Waals surface area contributed by atoms with Gasteiger partial charge in [0.25, 0.3) is 0 Å². The van der Waals surface area contributed by atoms with Crippen molar-refractivity contribution in [2.75, 3.05) is 23.7 Å². The number of aromatic nitrogens is 2. The first-order valence-electron chi connectivity index (χ1n) is 14.6. The number of hydrogen-bond donors (Lipinski definition) is 2. The van der Waals surface area contributed by atoms with E-state index in [9.17, 15) is 13.2 Å². The maximum Gasteiger partial charge on any atom is 0.324 e. The van der Waals surface area contributed by atoms with Crippen molar-refractivity contribution in [2.24, 2.45) is 5.92 Å². The highest BCUT2D eigenvalue weighted by Gasteiger charge is 2.31. The Labute approximate surface area is 269 Å². The van der Waals surface area contributed by atoms with Gasteiger partial charge in [-0.1, -0.05) is 73.8 Å². The van der Waals surface area contributed by atoms with E-state index in [0.29, 0.717) is 35.5 Å². The van der Waals surface area contributed by atoms with E-state index < -0.39 is 10.0 Å². The fourth-order valence-corrected chi connectivity index (χ4v) is 7.50. The Morgan fingerprint density at radius 1 is 0.955 bits per heavy atom. The van der Waals surface area contributed by atoms with Crippen LogP contribution in [0.5, 0.6) is 0 Å². The summed E-state index contributed by atoms with van der Waals surface area (Å²) in [6.45, 7) is 9.11. The summed E-state index contributed by atoms with van der Waals surface area (Å²) in [4.78, 5) is 13.2. The molecule has 1 aliphatic heterocycles. The predicted molar refractivity (Wildman–Crippen MR) is 178 cm³/mol. The highest BCUT2D eigenvalue weighted by atomic mass is 35.5. The van der Waals surface area contributed by atoms with Gasteiger partial charge in [0.05, 0.1) is 16.4 Å². The monoisotopic (exact) mass is 653 g/mol. The van der Waals surface area contributed by atoms with E-state index >= 15 is 0 Å². The molecule has 1 aromatic heterocycles. The molecule has 2 N–H and O–H groups in total. The number of rotatable bonds is 7. The molecule has 0 saturated carbocycles. The van der Waals surface area contributed by atoms with E-state index in [1.165, 1.54) is 22.5 Å². The molecule has 0 spiro atoms. The number of aryl methyl sites for hydroxylation is 1. The Bertz CT molecular complexity index is 1760. The molecule has 4 aromatic rings. The van der Waals surface area contributed by atoms with E-state index in [-0.39, 0.29) is 21.4 Å². The number of benzene rings is 3. The smallest absolute Gasteiger partial charge is 0.308 e. The number of nitrogens with one attached hydrogen (secondary N) is 2. The van der Waals surface area contributed by atoms with Crippen molar-refractivity contribution in [3.05, 3.63) is 99.7 Å². The van der Waals surface area contributed by atoms with Crippen molar-refractivity contribution >= 4 is 50.8 Å². The van der Waals surface area contributed by atoms with Gasteiger partial charge in [-0.2, -0.15) is 9.40 Å². The van der Waals surface area contributed by atoms with Gasteiger partial charge in [-0.3, -0.25) is 5.32 Å². The number of carbonyl (C=O) groups excluding carboxylic acids is 1. The first kappa shape index (κ1) is 32.0. The maximum absolute atomic E-state index is 13.2. The number of amides is 2. The largest absolute Gasteiger partial charge is 0.324 e. The highest BCUT2D eigenvalue weighted by Crippen LogP contribution is 2.31. The number of nitrogens with zero attached hydrogens (tertiary/aromatic N) is 3. The van der Waals surface area contributed by atoms with Gasteiger partial charge in [0.2, 0.25) is 10.0 Å². The lowest BCUT2D eigenvalue weighted by atomic mass is 9.91. The standard InChI is InChI=1S/C33H37Cl2N5O3S/c1-22-8-11-27(12-9-22)40-31(21-30(38-40)33(2,3)4)37-32(41)36-26-7-5-6-24(19-26)18-23-14-16-39(17-15-23)44(42,43)29-13-10-25(34)20-28(29)35/h5-13,19-21,23H,14-18H2,1-4H3,(H2,36,37,41). The molecular formula is C33H37Cl2N5O3S. The van der Waals surface area contributed by atoms with E-state index in [1.54, 1.807) is 4.68 Å². The lowest BCUT2D eigenvalue weighted by Gasteiger charge is -2.31. The number of anilines is 2. The van der Waals surface area contributed by atoms with Crippen LogP contribution in [0.2, 0.25) is 10.0 Å². The van der Waals surface area contributed by atoms with Gasteiger partial charge in [0.15, 0.2) is 0 Å². The second kappa shape index (κ2) is 12.9. The summed E-state index contributed by atoms with van der Waals surface area (Å²) in [6.07, 6.45) is 2.23. The number of carbonyl (C=O) groups is 1. The second-order valence-electron chi connectivity index (χ2n) is 12.3. The van der Waals surface area contributed by atoms with Crippen molar-refractivity contribution in [3.8, 4) is 5.69 Å². The molecule has 5 rings (SSSR count).